The summed E-state index contributed by atoms with van der Waals surface area (Å²) in [4.78, 5) is 18.3. The Morgan fingerprint density at radius 2 is 1.59 bits per heavy atom. The van der Waals surface area contributed by atoms with E-state index in [0.29, 0.717) is 47.4 Å². The van der Waals surface area contributed by atoms with Gasteiger partial charge in [-0.15, -0.1) is 0 Å². The third-order valence-electron chi connectivity index (χ3n) is 7.17. The van der Waals surface area contributed by atoms with E-state index < -0.39 is 6.04 Å². The quantitative estimate of drug-likeness (QED) is 0.338. The molecule has 39 heavy (non-hydrogen) atoms. The standard InChI is InChI=1S/C30H28N4O5/c1-36-25-15-20(16-26(37-2)29(25)38-3)19-13-23-27(24(35)14-19)28(34-30(33-23)31-17-32-34)18-8-7-11-22(12-18)39-21-9-5-4-6-10-21/h4-12,15-17,19,28H,13-14H2,1-3H3,(H,31,32,33)/t19-,28-/m0/s1. The molecule has 0 bridgehead atoms. The summed E-state index contributed by atoms with van der Waals surface area (Å²) in [5.41, 5.74) is 3.36. The predicted octanol–water partition coefficient (Wildman–Crippen LogP) is 5.51. The number of aromatic nitrogens is 3. The Morgan fingerprint density at radius 3 is 2.31 bits per heavy atom. The molecule has 2 atom stereocenters. The Morgan fingerprint density at radius 1 is 0.846 bits per heavy atom. The first-order chi connectivity index (χ1) is 19.1. The lowest BCUT2D eigenvalue weighted by Crippen LogP contribution is -2.33. The van der Waals surface area contributed by atoms with Crippen LogP contribution in [0, 0.1) is 0 Å². The first-order valence-electron chi connectivity index (χ1n) is 12.6. The Labute approximate surface area is 226 Å². The zero-order valence-corrected chi connectivity index (χ0v) is 21.9. The zero-order chi connectivity index (χ0) is 26.9. The van der Waals surface area contributed by atoms with Crippen molar-refractivity contribution in [1.82, 2.24) is 14.8 Å². The first-order valence-corrected chi connectivity index (χ1v) is 12.6. The number of ketones is 1. The molecule has 3 aromatic carbocycles. The third-order valence-corrected chi connectivity index (χ3v) is 7.17. The Hall–Kier alpha value is -4.79. The van der Waals surface area contributed by atoms with Gasteiger partial charge >= 0.3 is 0 Å². The lowest BCUT2D eigenvalue weighted by atomic mass is 9.77. The second-order valence-corrected chi connectivity index (χ2v) is 9.42. The van der Waals surface area contributed by atoms with Crippen molar-refractivity contribution in [2.75, 3.05) is 26.6 Å². The van der Waals surface area contributed by atoms with E-state index in [4.69, 9.17) is 18.9 Å². The van der Waals surface area contributed by atoms with Gasteiger partial charge in [-0.25, -0.2) is 4.68 Å². The number of nitrogens with zero attached hydrogens (tertiary/aromatic N) is 3. The normalized spacial score (nSPS) is 18.1. The fourth-order valence-electron chi connectivity index (χ4n) is 5.41. The van der Waals surface area contributed by atoms with Gasteiger partial charge in [-0.1, -0.05) is 30.3 Å². The molecule has 0 radical (unpaired) electrons. The van der Waals surface area contributed by atoms with Crippen LogP contribution in [-0.2, 0) is 4.79 Å². The van der Waals surface area contributed by atoms with Crippen LogP contribution in [0.5, 0.6) is 28.7 Å². The highest BCUT2D eigenvalue weighted by molar-refractivity contribution is 6.00. The van der Waals surface area contributed by atoms with E-state index in [9.17, 15) is 4.79 Å². The minimum absolute atomic E-state index is 0.0445. The van der Waals surface area contributed by atoms with Gasteiger partial charge in [-0.3, -0.25) is 4.79 Å². The Balaban J connectivity index is 1.38. The molecule has 0 amide bonds. The monoisotopic (exact) mass is 524 g/mol. The number of nitrogens with one attached hydrogen (secondary N) is 1. The van der Waals surface area contributed by atoms with Gasteiger partial charge in [0, 0.05) is 17.7 Å². The summed E-state index contributed by atoms with van der Waals surface area (Å²) in [5.74, 6) is 3.61. The number of anilines is 1. The number of carbonyl (C=O) groups excluding carboxylic acids is 1. The minimum Gasteiger partial charge on any atom is -0.493 e. The summed E-state index contributed by atoms with van der Waals surface area (Å²) >= 11 is 0. The van der Waals surface area contributed by atoms with Crippen molar-refractivity contribution in [3.05, 3.63) is 95.5 Å². The van der Waals surface area contributed by atoms with E-state index in [1.54, 1.807) is 26.0 Å². The molecule has 1 aliphatic carbocycles. The second kappa shape index (κ2) is 10.2. The molecule has 1 aliphatic heterocycles. The number of Topliss-reactive ketones (excluding diaryl/α,β-unsaturated/α-hetero) is 1. The highest BCUT2D eigenvalue weighted by Gasteiger charge is 2.39. The number of hydrogen-bond acceptors (Lipinski definition) is 8. The number of ether oxygens (including phenoxy) is 4. The van der Waals surface area contributed by atoms with Crippen LogP contribution in [0.3, 0.4) is 0 Å². The van der Waals surface area contributed by atoms with Crippen molar-refractivity contribution in [1.29, 1.82) is 0 Å². The number of hydrogen-bond donors (Lipinski definition) is 1. The number of benzene rings is 3. The van der Waals surface area contributed by atoms with E-state index in [-0.39, 0.29) is 11.7 Å². The van der Waals surface area contributed by atoms with Crippen LogP contribution in [0.1, 0.15) is 35.9 Å². The van der Waals surface area contributed by atoms with Crippen LogP contribution in [0.15, 0.2) is 84.3 Å². The third kappa shape index (κ3) is 4.46. The number of rotatable bonds is 7. The number of fused-ring (bicyclic) bond motifs is 1. The van der Waals surface area contributed by atoms with E-state index in [1.165, 1.54) is 6.33 Å². The van der Waals surface area contributed by atoms with Gasteiger partial charge in [0.05, 0.1) is 21.3 Å². The van der Waals surface area contributed by atoms with E-state index in [2.05, 4.69) is 15.4 Å². The number of allylic oxidation sites excluding steroid dienone is 2. The number of para-hydroxylation sites is 1. The highest BCUT2D eigenvalue weighted by atomic mass is 16.5. The maximum absolute atomic E-state index is 13.9. The van der Waals surface area contributed by atoms with E-state index in [1.807, 2.05) is 66.7 Å². The Kier molecular flexibility index (Phi) is 6.40. The molecular weight excluding hydrogens is 496 g/mol. The summed E-state index contributed by atoms with van der Waals surface area (Å²) in [7, 11) is 4.75. The summed E-state index contributed by atoms with van der Waals surface area (Å²) in [6.07, 6.45) is 2.45. The smallest absolute Gasteiger partial charge is 0.226 e. The molecule has 2 heterocycles. The summed E-state index contributed by atoms with van der Waals surface area (Å²) < 4.78 is 24.4. The van der Waals surface area contributed by atoms with Gasteiger partial charge in [0.2, 0.25) is 11.7 Å². The van der Waals surface area contributed by atoms with E-state index in [0.717, 1.165) is 22.6 Å². The molecular formula is C30H28N4O5. The van der Waals surface area contributed by atoms with Crippen LogP contribution < -0.4 is 24.3 Å². The van der Waals surface area contributed by atoms with Crippen molar-refractivity contribution in [3.63, 3.8) is 0 Å². The van der Waals surface area contributed by atoms with Crippen LogP contribution in [0.4, 0.5) is 5.95 Å². The largest absolute Gasteiger partial charge is 0.493 e. The maximum Gasteiger partial charge on any atom is 0.226 e. The first kappa shape index (κ1) is 24.5. The molecule has 6 rings (SSSR count). The molecule has 0 saturated carbocycles. The molecule has 9 heteroatoms. The van der Waals surface area contributed by atoms with Crippen molar-refractivity contribution in [2.45, 2.75) is 24.8 Å². The fourth-order valence-corrected chi connectivity index (χ4v) is 5.41. The SMILES string of the molecule is COc1cc([C@@H]2CC(=O)C3=C(C2)Nc2ncnn2[C@H]3c2cccc(Oc3ccccc3)c2)cc(OC)c1OC. The summed E-state index contributed by atoms with van der Waals surface area (Å²) in [6.45, 7) is 0. The lowest BCUT2D eigenvalue weighted by molar-refractivity contribution is -0.116. The predicted molar refractivity (Wildman–Crippen MR) is 145 cm³/mol. The topological polar surface area (TPSA) is 96.7 Å². The van der Waals surface area contributed by atoms with Crippen molar-refractivity contribution in [2.24, 2.45) is 0 Å². The average Bonchev–Trinajstić information content (AvgIpc) is 3.44. The zero-order valence-electron chi connectivity index (χ0n) is 21.9. The summed E-state index contributed by atoms with van der Waals surface area (Å²) in [6, 6.07) is 20.8. The van der Waals surface area contributed by atoms with Gasteiger partial charge in [-0.2, -0.15) is 10.1 Å². The van der Waals surface area contributed by atoms with Crippen LogP contribution >= 0.6 is 0 Å². The van der Waals surface area contributed by atoms with Crippen LogP contribution in [0.25, 0.3) is 0 Å². The molecule has 9 nitrogen and oxygen atoms in total. The molecule has 0 unspecified atom stereocenters. The molecule has 1 aromatic heterocycles. The maximum atomic E-state index is 13.9. The van der Waals surface area contributed by atoms with Crippen LogP contribution in [0.2, 0.25) is 0 Å². The minimum atomic E-state index is -0.425. The molecule has 0 saturated heterocycles. The van der Waals surface area contributed by atoms with Gasteiger partial charge in [0.25, 0.3) is 0 Å². The number of carbonyl (C=O) groups is 1. The van der Waals surface area contributed by atoms with Gasteiger partial charge < -0.3 is 24.3 Å². The van der Waals surface area contributed by atoms with Gasteiger partial charge in [0.15, 0.2) is 17.3 Å². The fraction of sp³-hybridized carbons (Fsp3) is 0.233. The van der Waals surface area contributed by atoms with Crippen molar-refractivity contribution in [3.8, 4) is 28.7 Å². The lowest BCUT2D eigenvalue weighted by Gasteiger charge is -2.35. The molecule has 0 fully saturated rings. The number of methoxy groups -OCH3 is 3. The molecule has 2 aliphatic rings. The van der Waals surface area contributed by atoms with Gasteiger partial charge in [0.1, 0.15) is 23.9 Å². The van der Waals surface area contributed by atoms with Crippen LogP contribution in [-0.4, -0.2) is 41.9 Å². The molecule has 4 aromatic rings. The Bertz CT molecular complexity index is 1540. The average molecular weight is 525 g/mol. The molecule has 1 N–H and O–H groups in total. The molecule has 0 spiro atoms. The van der Waals surface area contributed by atoms with E-state index >= 15 is 0 Å². The second-order valence-electron chi connectivity index (χ2n) is 9.42. The summed E-state index contributed by atoms with van der Waals surface area (Å²) in [5, 5.41) is 7.84. The van der Waals surface area contributed by atoms with Gasteiger partial charge in [-0.05, 0) is 59.9 Å². The molecule has 198 valence electrons. The van der Waals surface area contributed by atoms with Crippen molar-refractivity contribution < 1.29 is 23.7 Å². The highest BCUT2D eigenvalue weighted by Crippen LogP contribution is 2.47. The van der Waals surface area contributed by atoms with Crippen molar-refractivity contribution >= 4 is 11.7 Å².